The molecular formula is C23H18BrFN4O2. The van der Waals surface area contributed by atoms with E-state index in [1.807, 2.05) is 35.2 Å². The smallest absolute Gasteiger partial charge is 0.154 e. The Kier molecular flexibility index (Phi) is 4.95. The van der Waals surface area contributed by atoms with Crippen LogP contribution in [0, 0.1) is 5.82 Å². The quantitative estimate of drug-likeness (QED) is 0.426. The van der Waals surface area contributed by atoms with Gasteiger partial charge in [0.05, 0.1) is 29.4 Å². The van der Waals surface area contributed by atoms with Crippen molar-refractivity contribution in [2.45, 2.75) is 6.04 Å². The van der Waals surface area contributed by atoms with Crippen molar-refractivity contribution >= 4 is 44.5 Å². The van der Waals surface area contributed by atoms with Crippen molar-refractivity contribution in [3.05, 3.63) is 71.1 Å². The van der Waals surface area contributed by atoms with Gasteiger partial charge in [0.2, 0.25) is 0 Å². The van der Waals surface area contributed by atoms with Gasteiger partial charge in [0.25, 0.3) is 0 Å². The van der Waals surface area contributed by atoms with Crippen LogP contribution in [0.4, 0.5) is 15.9 Å². The van der Waals surface area contributed by atoms with Gasteiger partial charge in [-0.3, -0.25) is 0 Å². The lowest BCUT2D eigenvalue weighted by molar-refractivity contribution is 0.195. The highest BCUT2D eigenvalue weighted by Crippen LogP contribution is 2.44. The van der Waals surface area contributed by atoms with Crippen LogP contribution in [0.2, 0.25) is 0 Å². The molecule has 1 atom stereocenters. The van der Waals surface area contributed by atoms with Crippen molar-refractivity contribution in [2.75, 3.05) is 18.1 Å². The second-order valence-corrected chi connectivity index (χ2v) is 8.11. The largest absolute Gasteiger partial charge is 0.488 e. The van der Waals surface area contributed by atoms with Gasteiger partial charge >= 0.3 is 0 Å². The van der Waals surface area contributed by atoms with Crippen molar-refractivity contribution in [2.24, 2.45) is 0 Å². The minimum absolute atomic E-state index is 0.0988. The molecule has 31 heavy (non-hydrogen) atoms. The zero-order chi connectivity index (χ0) is 21.5. The number of H-pyrrole nitrogens is 1. The lowest BCUT2D eigenvalue weighted by Gasteiger charge is -2.37. The van der Waals surface area contributed by atoms with E-state index in [2.05, 4.69) is 37.5 Å². The summed E-state index contributed by atoms with van der Waals surface area (Å²) in [5.74, 6) is 1.37. The van der Waals surface area contributed by atoms with Crippen LogP contribution < -0.4 is 9.64 Å². The third-order valence-electron chi connectivity index (χ3n) is 5.26. The first-order chi connectivity index (χ1) is 15.1. The average molecular weight is 481 g/mol. The summed E-state index contributed by atoms with van der Waals surface area (Å²) in [4.78, 5) is 14.1. The Bertz CT molecular complexity index is 1290. The predicted octanol–water partition coefficient (Wildman–Crippen LogP) is 5.06. The van der Waals surface area contributed by atoms with Gasteiger partial charge in [-0.05, 0) is 42.0 Å². The highest BCUT2D eigenvalue weighted by atomic mass is 79.9. The van der Waals surface area contributed by atoms with E-state index >= 15 is 0 Å². The van der Waals surface area contributed by atoms with E-state index in [9.17, 15) is 9.50 Å². The third-order valence-corrected chi connectivity index (χ3v) is 5.72. The molecule has 6 nitrogen and oxygen atoms in total. The fourth-order valence-corrected chi connectivity index (χ4v) is 4.21. The van der Waals surface area contributed by atoms with E-state index in [0.717, 1.165) is 11.3 Å². The molecule has 0 unspecified atom stereocenters. The predicted molar refractivity (Wildman–Crippen MR) is 122 cm³/mol. The monoisotopic (exact) mass is 480 g/mol. The average Bonchev–Trinajstić information content (AvgIpc) is 3.22. The van der Waals surface area contributed by atoms with Crippen LogP contribution in [0.1, 0.15) is 5.56 Å². The number of imidazole rings is 1. The molecule has 0 saturated carbocycles. The third kappa shape index (κ3) is 3.37. The number of aromatic nitrogens is 3. The summed E-state index contributed by atoms with van der Waals surface area (Å²) in [6, 6.07) is 12.3. The van der Waals surface area contributed by atoms with Crippen LogP contribution in [0.15, 0.2) is 59.7 Å². The molecule has 0 aliphatic carbocycles. The highest BCUT2D eigenvalue weighted by molar-refractivity contribution is 9.10. The number of aromatic amines is 1. The van der Waals surface area contributed by atoms with E-state index in [1.54, 1.807) is 18.3 Å². The first kappa shape index (κ1) is 19.7. The zero-order valence-electron chi connectivity index (χ0n) is 16.3. The fourth-order valence-electron chi connectivity index (χ4n) is 3.78. The maximum absolute atomic E-state index is 14.4. The molecule has 0 fully saturated rings. The number of benzene rings is 2. The van der Waals surface area contributed by atoms with Crippen LogP contribution in [0.3, 0.4) is 0 Å². The fraction of sp³-hybridized carbons (Fsp3) is 0.130. The van der Waals surface area contributed by atoms with Crippen LogP contribution >= 0.6 is 15.9 Å². The van der Waals surface area contributed by atoms with E-state index in [4.69, 9.17) is 4.74 Å². The Morgan fingerprint density at radius 3 is 2.94 bits per heavy atom. The van der Waals surface area contributed by atoms with Crippen LogP contribution in [0.5, 0.6) is 5.75 Å². The van der Waals surface area contributed by atoms with Crippen molar-refractivity contribution < 1.29 is 14.2 Å². The summed E-state index contributed by atoms with van der Waals surface area (Å²) in [7, 11) is 0. The van der Waals surface area contributed by atoms with Crippen molar-refractivity contribution in [1.82, 2.24) is 15.0 Å². The number of aliphatic hydroxyl groups excluding tert-OH is 1. The number of nitrogens with zero attached hydrogens (tertiary/aromatic N) is 3. The van der Waals surface area contributed by atoms with Crippen LogP contribution in [-0.2, 0) is 0 Å². The van der Waals surface area contributed by atoms with Gasteiger partial charge in [-0.15, -0.1) is 0 Å². The van der Waals surface area contributed by atoms with Crippen molar-refractivity contribution in [1.29, 1.82) is 0 Å². The van der Waals surface area contributed by atoms with E-state index in [1.165, 1.54) is 6.07 Å². The molecule has 156 valence electrons. The number of pyridine rings is 1. The molecule has 4 aromatic rings. The summed E-state index contributed by atoms with van der Waals surface area (Å²) < 4.78 is 21.0. The van der Waals surface area contributed by atoms with Crippen molar-refractivity contribution in [3.8, 4) is 17.1 Å². The lowest BCUT2D eigenvalue weighted by atomic mass is 10.1. The number of ether oxygens (including phenoxy) is 1. The van der Waals surface area contributed by atoms with Gasteiger partial charge < -0.3 is 19.7 Å². The number of rotatable bonds is 4. The minimum Gasteiger partial charge on any atom is -0.488 e. The number of hydrogen-bond acceptors (Lipinski definition) is 5. The molecule has 2 aromatic carbocycles. The Morgan fingerprint density at radius 1 is 1.32 bits per heavy atom. The molecule has 1 aliphatic rings. The standard InChI is InChI=1S/C23H18BrFN4O2/c1-2-13-6-7-20(26-10-13)29-15(11-30)12-31-22-16(4-3-5-19(22)29)23-27-18-9-14(24)8-17(25)21(18)28-23/h2-10,15,30H,1,11-12H2,(H,27,28)/t15-/m0/s1. The molecule has 3 heterocycles. The number of halogens is 2. The molecule has 0 amide bonds. The molecule has 1 aliphatic heterocycles. The van der Waals surface area contributed by atoms with E-state index in [-0.39, 0.29) is 24.8 Å². The van der Waals surface area contributed by atoms with Gasteiger partial charge in [-0.1, -0.05) is 34.7 Å². The molecule has 8 heteroatoms. The molecule has 0 spiro atoms. The second-order valence-electron chi connectivity index (χ2n) is 7.19. The van der Waals surface area contributed by atoms with Gasteiger partial charge in [0, 0.05) is 10.7 Å². The summed E-state index contributed by atoms with van der Waals surface area (Å²) in [5, 5.41) is 9.96. The zero-order valence-corrected chi connectivity index (χ0v) is 17.9. The van der Waals surface area contributed by atoms with Gasteiger partial charge in [0.15, 0.2) is 11.6 Å². The van der Waals surface area contributed by atoms with Crippen LogP contribution in [-0.4, -0.2) is 39.3 Å². The van der Waals surface area contributed by atoms with Gasteiger partial charge in [-0.25, -0.2) is 14.4 Å². The summed E-state index contributed by atoms with van der Waals surface area (Å²) in [6.45, 7) is 3.93. The maximum atomic E-state index is 14.4. The Morgan fingerprint density at radius 2 is 2.19 bits per heavy atom. The molecule has 0 saturated heterocycles. The molecule has 5 rings (SSSR count). The lowest BCUT2D eigenvalue weighted by Crippen LogP contribution is -2.43. The summed E-state index contributed by atoms with van der Waals surface area (Å²) >= 11 is 3.31. The number of para-hydroxylation sites is 1. The molecule has 0 radical (unpaired) electrons. The molecular weight excluding hydrogens is 463 g/mol. The van der Waals surface area contributed by atoms with Crippen molar-refractivity contribution in [3.63, 3.8) is 0 Å². The topological polar surface area (TPSA) is 74.3 Å². The summed E-state index contributed by atoms with van der Waals surface area (Å²) in [5.41, 5.74) is 3.21. The highest BCUT2D eigenvalue weighted by Gasteiger charge is 2.31. The number of anilines is 2. The second kappa shape index (κ2) is 7.79. The first-order valence-corrected chi connectivity index (χ1v) is 10.5. The number of aliphatic hydroxyl groups is 1. The number of nitrogens with one attached hydrogen (secondary N) is 1. The normalized spacial score (nSPS) is 15.6. The maximum Gasteiger partial charge on any atom is 0.154 e. The van der Waals surface area contributed by atoms with Crippen LogP contribution in [0.25, 0.3) is 28.5 Å². The first-order valence-electron chi connectivity index (χ1n) is 9.68. The number of hydrogen-bond donors (Lipinski definition) is 2. The van der Waals surface area contributed by atoms with Gasteiger partial charge in [-0.2, -0.15) is 0 Å². The number of fused-ring (bicyclic) bond motifs is 2. The van der Waals surface area contributed by atoms with E-state index in [0.29, 0.717) is 32.9 Å². The Hall–Kier alpha value is -3.23. The van der Waals surface area contributed by atoms with Gasteiger partial charge in [0.1, 0.15) is 23.8 Å². The van der Waals surface area contributed by atoms with E-state index < -0.39 is 5.82 Å². The summed E-state index contributed by atoms with van der Waals surface area (Å²) in [6.07, 6.45) is 3.46. The Balaban J connectivity index is 1.65. The minimum atomic E-state index is -0.411. The molecule has 2 aromatic heterocycles. The SMILES string of the molecule is C=Cc1ccc(N2c3cccc(-c4nc5c(F)cc(Br)cc5[nH]4)c3OC[C@@H]2CO)nc1. The Labute approximate surface area is 186 Å². The molecule has 0 bridgehead atoms. The molecule has 2 N–H and O–H groups in total.